The second-order valence-electron chi connectivity index (χ2n) is 4.51. The van der Waals surface area contributed by atoms with Gasteiger partial charge in [0.25, 0.3) is 0 Å². The van der Waals surface area contributed by atoms with Gasteiger partial charge in [-0.1, -0.05) is 43.1 Å². The van der Waals surface area contributed by atoms with Crippen molar-refractivity contribution in [3.8, 4) is 0 Å². The van der Waals surface area contributed by atoms with E-state index < -0.39 is 0 Å². The topological polar surface area (TPSA) is 12.0 Å². The first kappa shape index (κ1) is 13.8. The number of hydrogen-bond donors (Lipinski definition) is 1. The van der Waals surface area contributed by atoms with Gasteiger partial charge in [-0.05, 0) is 49.5 Å². The van der Waals surface area contributed by atoms with E-state index in [0.717, 1.165) is 13.0 Å². The molecule has 0 heterocycles. The Bertz CT molecular complexity index is 337. The van der Waals surface area contributed by atoms with E-state index in [2.05, 4.69) is 25.2 Å². The van der Waals surface area contributed by atoms with Gasteiger partial charge in [0.2, 0.25) is 0 Å². The lowest BCUT2D eigenvalue weighted by atomic mass is 9.89. The highest BCUT2D eigenvalue weighted by molar-refractivity contribution is 6.42. The van der Waals surface area contributed by atoms with E-state index >= 15 is 0 Å². The molecule has 1 unspecified atom stereocenters. The molecule has 16 heavy (non-hydrogen) atoms. The second-order valence-corrected chi connectivity index (χ2v) is 5.33. The van der Waals surface area contributed by atoms with Crippen molar-refractivity contribution in [1.82, 2.24) is 5.32 Å². The third-order valence-electron chi connectivity index (χ3n) is 2.89. The largest absolute Gasteiger partial charge is 0.319 e. The molecule has 3 heteroatoms. The van der Waals surface area contributed by atoms with Crippen LogP contribution >= 0.6 is 23.2 Å². The Morgan fingerprint density at radius 3 is 2.38 bits per heavy atom. The molecule has 1 atom stereocenters. The Balaban J connectivity index is 2.73. The Labute approximate surface area is 108 Å². The molecule has 1 aromatic rings. The molecule has 1 nitrogen and oxygen atoms in total. The molecule has 0 aromatic heterocycles. The van der Waals surface area contributed by atoms with Crippen molar-refractivity contribution in [2.24, 2.45) is 11.8 Å². The highest BCUT2D eigenvalue weighted by Gasteiger charge is 2.13. The van der Waals surface area contributed by atoms with E-state index in [9.17, 15) is 0 Å². The van der Waals surface area contributed by atoms with Crippen molar-refractivity contribution in [2.45, 2.75) is 20.3 Å². The van der Waals surface area contributed by atoms with Crippen LogP contribution in [0, 0.1) is 11.8 Å². The summed E-state index contributed by atoms with van der Waals surface area (Å²) < 4.78 is 0. The summed E-state index contributed by atoms with van der Waals surface area (Å²) in [7, 11) is 1.99. The molecular weight excluding hydrogens is 241 g/mol. The molecule has 1 aromatic carbocycles. The number of rotatable bonds is 5. The SMILES string of the molecule is CNCC(Cc1ccc(Cl)c(Cl)c1)C(C)C. The van der Waals surface area contributed by atoms with Gasteiger partial charge in [-0.2, -0.15) is 0 Å². The van der Waals surface area contributed by atoms with Crippen molar-refractivity contribution < 1.29 is 0 Å². The smallest absolute Gasteiger partial charge is 0.0595 e. The number of nitrogens with one attached hydrogen (secondary N) is 1. The van der Waals surface area contributed by atoms with Gasteiger partial charge in [0.15, 0.2) is 0 Å². The maximum absolute atomic E-state index is 6.01. The minimum absolute atomic E-state index is 0.625. The predicted molar refractivity (Wildman–Crippen MR) is 72.4 cm³/mol. The summed E-state index contributed by atoms with van der Waals surface area (Å²) in [5, 5.41) is 4.51. The maximum atomic E-state index is 6.01. The van der Waals surface area contributed by atoms with Crippen LogP contribution in [0.4, 0.5) is 0 Å². The average Bonchev–Trinajstić information content (AvgIpc) is 2.22. The van der Waals surface area contributed by atoms with E-state index in [1.807, 2.05) is 19.2 Å². The number of benzene rings is 1. The average molecular weight is 260 g/mol. The van der Waals surface area contributed by atoms with Gasteiger partial charge in [-0.15, -0.1) is 0 Å². The zero-order chi connectivity index (χ0) is 12.1. The van der Waals surface area contributed by atoms with Gasteiger partial charge >= 0.3 is 0 Å². The molecule has 0 aliphatic carbocycles. The predicted octanol–water partition coefficient (Wildman–Crippen LogP) is 4.03. The fraction of sp³-hybridized carbons (Fsp3) is 0.538. The zero-order valence-corrected chi connectivity index (χ0v) is 11.6. The molecule has 0 amide bonds. The van der Waals surface area contributed by atoms with Crippen LogP contribution in [0.25, 0.3) is 0 Å². The molecule has 0 radical (unpaired) electrons. The Hall–Kier alpha value is -0.240. The van der Waals surface area contributed by atoms with Crippen LogP contribution in [0.15, 0.2) is 18.2 Å². The van der Waals surface area contributed by atoms with E-state index in [0.29, 0.717) is 21.9 Å². The molecule has 1 N–H and O–H groups in total. The minimum atomic E-state index is 0.625. The van der Waals surface area contributed by atoms with E-state index in [4.69, 9.17) is 23.2 Å². The van der Waals surface area contributed by atoms with Crippen molar-refractivity contribution >= 4 is 23.2 Å². The second kappa shape index (κ2) is 6.48. The number of halogens is 2. The lowest BCUT2D eigenvalue weighted by Crippen LogP contribution is -2.25. The monoisotopic (exact) mass is 259 g/mol. The van der Waals surface area contributed by atoms with Crippen LogP contribution in [0.1, 0.15) is 19.4 Å². The van der Waals surface area contributed by atoms with Gasteiger partial charge in [0.05, 0.1) is 10.0 Å². The molecule has 1 rings (SSSR count). The molecule has 90 valence electrons. The summed E-state index contributed by atoms with van der Waals surface area (Å²) in [6.07, 6.45) is 1.04. The maximum Gasteiger partial charge on any atom is 0.0595 e. The van der Waals surface area contributed by atoms with Crippen LogP contribution in [-0.2, 0) is 6.42 Å². The van der Waals surface area contributed by atoms with E-state index in [1.54, 1.807) is 0 Å². The first-order chi connectivity index (χ1) is 7.54. The zero-order valence-electron chi connectivity index (χ0n) is 10.1. The molecule has 0 aliphatic rings. The van der Waals surface area contributed by atoms with Gasteiger partial charge in [0, 0.05) is 0 Å². The van der Waals surface area contributed by atoms with Gasteiger partial charge in [-0.3, -0.25) is 0 Å². The summed E-state index contributed by atoms with van der Waals surface area (Å²) in [6.45, 7) is 5.52. The summed E-state index contributed by atoms with van der Waals surface area (Å²) in [4.78, 5) is 0. The molecule has 0 spiro atoms. The van der Waals surface area contributed by atoms with Crippen LogP contribution in [0.2, 0.25) is 10.0 Å². The summed E-state index contributed by atoms with van der Waals surface area (Å²) in [5.41, 5.74) is 1.25. The normalized spacial score (nSPS) is 13.1. The highest BCUT2D eigenvalue weighted by atomic mass is 35.5. The van der Waals surface area contributed by atoms with Gasteiger partial charge in [-0.25, -0.2) is 0 Å². The van der Waals surface area contributed by atoms with Crippen molar-refractivity contribution in [2.75, 3.05) is 13.6 Å². The standard InChI is InChI=1S/C13H19Cl2N/c1-9(2)11(8-16-3)6-10-4-5-12(14)13(15)7-10/h4-5,7,9,11,16H,6,8H2,1-3H3. The summed E-state index contributed by atoms with van der Waals surface area (Å²) >= 11 is 11.9. The fourth-order valence-electron chi connectivity index (χ4n) is 1.78. The Kier molecular flexibility index (Phi) is 5.60. The van der Waals surface area contributed by atoms with Crippen molar-refractivity contribution in [3.63, 3.8) is 0 Å². The van der Waals surface area contributed by atoms with Crippen LogP contribution in [0.5, 0.6) is 0 Å². The minimum Gasteiger partial charge on any atom is -0.319 e. The summed E-state index contributed by atoms with van der Waals surface area (Å²) in [5.74, 6) is 1.28. The highest BCUT2D eigenvalue weighted by Crippen LogP contribution is 2.25. The first-order valence-electron chi connectivity index (χ1n) is 5.63. The third kappa shape index (κ3) is 3.97. The Morgan fingerprint density at radius 1 is 1.19 bits per heavy atom. The van der Waals surface area contributed by atoms with Crippen molar-refractivity contribution in [1.29, 1.82) is 0 Å². The molecule has 0 saturated carbocycles. The van der Waals surface area contributed by atoms with Crippen LogP contribution in [-0.4, -0.2) is 13.6 Å². The van der Waals surface area contributed by atoms with E-state index in [-0.39, 0.29) is 0 Å². The first-order valence-corrected chi connectivity index (χ1v) is 6.38. The van der Waals surface area contributed by atoms with Crippen LogP contribution < -0.4 is 5.32 Å². The van der Waals surface area contributed by atoms with E-state index in [1.165, 1.54) is 5.56 Å². The van der Waals surface area contributed by atoms with Crippen LogP contribution in [0.3, 0.4) is 0 Å². The molecule has 0 fully saturated rings. The number of hydrogen-bond acceptors (Lipinski definition) is 1. The molecule has 0 bridgehead atoms. The lowest BCUT2D eigenvalue weighted by molar-refractivity contribution is 0.370. The molecule has 0 aliphatic heterocycles. The lowest BCUT2D eigenvalue weighted by Gasteiger charge is -2.20. The third-order valence-corrected chi connectivity index (χ3v) is 3.63. The molecule has 0 saturated heterocycles. The van der Waals surface area contributed by atoms with Gasteiger partial charge in [0.1, 0.15) is 0 Å². The van der Waals surface area contributed by atoms with Gasteiger partial charge < -0.3 is 5.32 Å². The quantitative estimate of drug-likeness (QED) is 0.842. The van der Waals surface area contributed by atoms with Crippen molar-refractivity contribution in [3.05, 3.63) is 33.8 Å². The Morgan fingerprint density at radius 2 is 1.88 bits per heavy atom. The summed E-state index contributed by atoms with van der Waals surface area (Å²) in [6, 6.07) is 5.89. The molecular formula is C13H19Cl2N. The fourth-order valence-corrected chi connectivity index (χ4v) is 2.10.